The van der Waals surface area contributed by atoms with Crippen LogP contribution in [0, 0.1) is 5.41 Å². The van der Waals surface area contributed by atoms with Crippen LogP contribution in [0.3, 0.4) is 0 Å². The van der Waals surface area contributed by atoms with Gasteiger partial charge in [0.15, 0.2) is 0 Å². The minimum absolute atomic E-state index is 0.394. The molecule has 0 radical (unpaired) electrons. The summed E-state index contributed by atoms with van der Waals surface area (Å²) in [4.78, 5) is 2.18. The Morgan fingerprint density at radius 3 is 2.18 bits per heavy atom. The Kier molecular flexibility index (Phi) is 4.66. The summed E-state index contributed by atoms with van der Waals surface area (Å²) in [5.41, 5.74) is 2.16. The van der Waals surface area contributed by atoms with Crippen LogP contribution in [-0.4, -0.2) is 23.5 Å². The van der Waals surface area contributed by atoms with E-state index in [-0.39, 0.29) is 0 Å². The lowest BCUT2D eigenvalue weighted by Crippen LogP contribution is -2.32. The first kappa shape index (κ1) is 10.9. The zero-order valence-corrected chi connectivity index (χ0v) is 8.87. The van der Waals surface area contributed by atoms with E-state index in [1.165, 1.54) is 6.42 Å². The first-order valence-corrected chi connectivity index (χ1v) is 4.72. The highest BCUT2D eigenvalue weighted by Gasteiger charge is 2.16. The summed E-state index contributed by atoms with van der Waals surface area (Å²) in [6.45, 7) is 11.0. The summed E-state index contributed by atoms with van der Waals surface area (Å²) in [7, 11) is 0. The predicted octanol–water partition coefficient (Wildman–Crippen LogP) is 2.70. The van der Waals surface area contributed by atoms with Crippen molar-refractivity contribution in [2.45, 2.75) is 34.1 Å². The molecule has 0 aromatic rings. The van der Waals surface area contributed by atoms with Crippen molar-refractivity contribution in [3.8, 4) is 0 Å². The molecule has 0 fully saturated rings. The van der Waals surface area contributed by atoms with E-state index in [9.17, 15) is 0 Å². The minimum atomic E-state index is 0.394. The molecule has 1 nitrogen and oxygen atoms in total. The molecular formula is C9H19NS. The fraction of sp³-hybridized carbons (Fsp3) is 0.889. The number of rotatable bonds is 5. The number of nitrogens with zero attached hydrogens (tertiary/aromatic N) is 1. The maximum atomic E-state index is 4.89. The van der Waals surface area contributed by atoms with Crippen molar-refractivity contribution in [2.24, 2.45) is 5.41 Å². The van der Waals surface area contributed by atoms with E-state index in [0.717, 1.165) is 13.1 Å². The van der Waals surface area contributed by atoms with Crippen LogP contribution in [0.1, 0.15) is 34.1 Å². The van der Waals surface area contributed by atoms with Gasteiger partial charge in [-0.25, -0.2) is 0 Å². The molecule has 0 heterocycles. The van der Waals surface area contributed by atoms with Gasteiger partial charge >= 0.3 is 0 Å². The molecule has 0 aromatic carbocycles. The van der Waals surface area contributed by atoms with E-state index in [1.54, 1.807) is 5.49 Å². The number of hydrogen-bond donors (Lipinski definition) is 0. The van der Waals surface area contributed by atoms with Crippen LogP contribution in [0.5, 0.6) is 0 Å². The molecule has 0 rings (SSSR count). The molecule has 0 spiro atoms. The molecule has 66 valence electrons. The van der Waals surface area contributed by atoms with Gasteiger partial charge in [0.05, 0.1) is 5.49 Å². The van der Waals surface area contributed by atoms with Crippen molar-refractivity contribution in [1.29, 1.82) is 0 Å². The second-order valence-electron chi connectivity index (χ2n) is 3.69. The maximum absolute atomic E-state index is 4.89. The number of thiocarbonyl (C=S) groups is 1. The van der Waals surface area contributed by atoms with E-state index in [4.69, 9.17) is 12.2 Å². The average molecular weight is 173 g/mol. The van der Waals surface area contributed by atoms with E-state index >= 15 is 0 Å². The zero-order valence-electron chi connectivity index (χ0n) is 8.05. The first-order valence-electron chi connectivity index (χ1n) is 4.25. The normalized spacial score (nSPS) is 11.3. The molecule has 0 atom stereocenters. The smallest absolute Gasteiger partial charge is 0.0641 e. The monoisotopic (exact) mass is 173 g/mol. The lowest BCUT2D eigenvalue weighted by atomic mass is 9.90. The van der Waals surface area contributed by atoms with Gasteiger partial charge in [-0.15, -0.1) is 0 Å². The van der Waals surface area contributed by atoms with Crippen LogP contribution < -0.4 is 0 Å². The van der Waals surface area contributed by atoms with Gasteiger partial charge in [-0.1, -0.05) is 33.0 Å². The summed E-state index contributed by atoms with van der Waals surface area (Å²) in [6.07, 6.45) is 1.20. The molecule has 0 N–H and O–H groups in total. The van der Waals surface area contributed by atoms with Gasteiger partial charge in [0.25, 0.3) is 0 Å². The third-order valence-electron chi connectivity index (χ3n) is 2.14. The Morgan fingerprint density at radius 1 is 1.36 bits per heavy atom. The van der Waals surface area contributed by atoms with Crippen molar-refractivity contribution in [3.05, 3.63) is 0 Å². The lowest BCUT2D eigenvalue weighted by Gasteiger charge is -2.29. The standard InChI is InChI=1S/C9H19NS/c1-5-9(3,4)7-10(6-2)8-11/h8H,5-7H2,1-4H3. The summed E-state index contributed by atoms with van der Waals surface area (Å²) in [5.74, 6) is 0. The van der Waals surface area contributed by atoms with Crippen molar-refractivity contribution in [3.63, 3.8) is 0 Å². The molecule has 0 aliphatic heterocycles. The van der Waals surface area contributed by atoms with Gasteiger partial charge in [-0.3, -0.25) is 0 Å². The zero-order chi connectivity index (χ0) is 8.91. The van der Waals surface area contributed by atoms with Gasteiger partial charge in [0.2, 0.25) is 0 Å². The van der Waals surface area contributed by atoms with Crippen LogP contribution in [0.25, 0.3) is 0 Å². The van der Waals surface area contributed by atoms with Gasteiger partial charge < -0.3 is 4.90 Å². The molecule has 0 bridgehead atoms. The number of hydrogen-bond acceptors (Lipinski definition) is 1. The van der Waals surface area contributed by atoms with Crippen LogP contribution in [-0.2, 0) is 0 Å². The summed E-state index contributed by atoms with van der Waals surface area (Å²) < 4.78 is 0. The molecule has 0 unspecified atom stereocenters. The van der Waals surface area contributed by atoms with Crippen LogP contribution in [0.15, 0.2) is 0 Å². The van der Waals surface area contributed by atoms with Gasteiger partial charge in [0, 0.05) is 13.1 Å². The van der Waals surface area contributed by atoms with Crippen molar-refractivity contribution >= 4 is 17.7 Å². The van der Waals surface area contributed by atoms with Gasteiger partial charge in [-0.2, -0.15) is 0 Å². The average Bonchev–Trinajstić information content (AvgIpc) is 2.00. The van der Waals surface area contributed by atoms with Crippen molar-refractivity contribution in [2.75, 3.05) is 13.1 Å². The fourth-order valence-corrected chi connectivity index (χ4v) is 1.11. The fourth-order valence-electron chi connectivity index (χ4n) is 0.885. The van der Waals surface area contributed by atoms with Crippen LogP contribution >= 0.6 is 12.2 Å². The summed E-state index contributed by atoms with van der Waals surface area (Å²) >= 11 is 4.89. The Bertz CT molecular complexity index is 121. The second kappa shape index (κ2) is 4.70. The second-order valence-corrected chi connectivity index (χ2v) is 3.90. The van der Waals surface area contributed by atoms with E-state index in [2.05, 4.69) is 32.6 Å². The first-order chi connectivity index (χ1) is 5.05. The molecule has 0 aliphatic rings. The molecule has 0 saturated heterocycles. The van der Waals surface area contributed by atoms with Gasteiger partial charge in [0.1, 0.15) is 0 Å². The molecular weight excluding hydrogens is 154 g/mol. The van der Waals surface area contributed by atoms with Gasteiger partial charge in [-0.05, 0) is 18.8 Å². The maximum Gasteiger partial charge on any atom is 0.0641 e. The molecule has 0 aromatic heterocycles. The third kappa shape index (κ3) is 4.35. The van der Waals surface area contributed by atoms with E-state index < -0.39 is 0 Å². The van der Waals surface area contributed by atoms with Crippen molar-refractivity contribution in [1.82, 2.24) is 4.90 Å². The van der Waals surface area contributed by atoms with Crippen LogP contribution in [0.4, 0.5) is 0 Å². The van der Waals surface area contributed by atoms with E-state index in [0.29, 0.717) is 5.41 Å². The third-order valence-corrected chi connectivity index (χ3v) is 2.44. The Morgan fingerprint density at radius 2 is 1.91 bits per heavy atom. The molecule has 2 heteroatoms. The molecule has 11 heavy (non-hydrogen) atoms. The minimum Gasteiger partial charge on any atom is -0.368 e. The topological polar surface area (TPSA) is 3.24 Å². The largest absolute Gasteiger partial charge is 0.368 e. The Balaban J connectivity index is 3.88. The van der Waals surface area contributed by atoms with Crippen molar-refractivity contribution < 1.29 is 0 Å². The lowest BCUT2D eigenvalue weighted by molar-refractivity contribution is 0.257. The molecule has 0 aliphatic carbocycles. The quantitative estimate of drug-likeness (QED) is 0.588. The summed E-state index contributed by atoms with van der Waals surface area (Å²) in [6, 6.07) is 0. The van der Waals surface area contributed by atoms with E-state index in [1.807, 2.05) is 0 Å². The highest BCUT2D eigenvalue weighted by molar-refractivity contribution is 7.78. The highest BCUT2D eigenvalue weighted by atomic mass is 32.1. The Hall–Kier alpha value is -0.110. The SMILES string of the molecule is CCN(C=S)CC(C)(C)CC. The molecule has 0 amide bonds. The summed E-state index contributed by atoms with van der Waals surface area (Å²) in [5, 5.41) is 0. The Labute approximate surface area is 75.8 Å². The van der Waals surface area contributed by atoms with Crippen LogP contribution in [0.2, 0.25) is 0 Å². The molecule has 0 saturated carbocycles. The predicted molar refractivity (Wildman–Crippen MR) is 55.0 cm³/mol. The highest BCUT2D eigenvalue weighted by Crippen LogP contribution is 2.20.